The maximum Gasteiger partial charge on any atom is 0.318 e. The number of nitrogens with zero attached hydrogens (tertiary/aromatic N) is 6. The van der Waals surface area contributed by atoms with Crippen molar-refractivity contribution in [1.29, 1.82) is 0 Å². The third-order valence-electron chi connectivity index (χ3n) is 10.3. The van der Waals surface area contributed by atoms with Crippen LogP contribution in [-0.2, 0) is 13.6 Å². The van der Waals surface area contributed by atoms with Gasteiger partial charge in [-0.15, -0.1) is 0 Å². The van der Waals surface area contributed by atoms with Crippen LogP contribution < -0.4 is 15.8 Å². The second-order valence-corrected chi connectivity index (χ2v) is 13.6. The van der Waals surface area contributed by atoms with Crippen molar-refractivity contribution in [2.24, 2.45) is 18.7 Å². The summed E-state index contributed by atoms with van der Waals surface area (Å²) >= 11 is 0. The third kappa shape index (κ3) is 4.69. The number of hydrogen-bond acceptors (Lipinski definition) is 6. The van der Waals surface area contributed by atoms with E-state index < -0.39 is 31.1 Å². The fourth-order valence-corrected chi connectivity index (χ4v) is 7.64. The lowest BCUT2D eigenvalue weighted by Crippen LogP contribution is -2.61. The lowest BCUT2D eigenvalue weighted by atomic mass is 9.97. The molecule has 0 spiro atoms. The fraction of sp³-hybridized carbons (Fsp3) is 0.515. The highest BCUT2D eigenvalue weighted by molar-refractivity contribution is 6.00. The summed E-state index contributed by atoms with van der Waals surface area (Å²) in [7, 11) is 3.55. The summed E-state index contributed by atoms with van der Waals surface area (Å²) in [6.45, 7) is 1.42. The second-order valence-electron chi connectivity index (χ2n) is 13.6. The Balaban J connectivity index is 1.15. The average Bonchev–Trinajstić information content (AvgIpc) is 3.33. The number of urea groups is 1. The van der Waals surface area contributed by atoms with Crippen molar-refractivity contribution >= 4 is 34.0 Å². The van der Waals surface area contributed by atoms with Crippen LogP contribution >= 0.6 is 0 Å². The minimum atomic E-state index is -2.82. The smallest absolute Gasteiger partial charge is 0.318 e. The number of hydrogen-bond donors (Lipinski definition) is 2. The van der Waals surface area contributed by atoms with Gasteiger partial charge >= 0.3 is 6.03 Å². The van der Waals surface area contributed by atoms with E-state index in [2.05, 4.69) is 16.0 Å². The monoisotopic (exact) mass is 632 g/mol. The Morgan fingerprint density at radius 2 is 1.91 bits per heavy atom. The number of carbonyl (C=O) groups excluding carboxylic acids is 2. The molecule has 6 heterocycles. The summed E-state index contributed by atoms with van der Waals surface area (Å²) in [5.74, 6) is -1.03. The van der Waals surface area contributed by atoms with Crippen LogP contribution in [0.25, 0.3) is 33.6 Å². The molecule has 0 radical (unpaired) electrons. The van der Waals surface area contributed by atoms with Crippen LogP contribution in [0.3, 0.4) is 0 Å². The Morgan fingerprint density at radius 1 is 1.13 bits per heavy atom. The molecule has 3 aromatic heterocycles. The van der Waals surface area contributed by atoms with Crippen LogP contribution in [0.4, 0.5) is 13.6 Å². The Morgan fingerprint density at radius 3 is 2.57 bits per heavy atom. The van der Waals surface area contributed by atoms with Gasteiger partial charge < -0.3 is 34.7 Å². The predicted molar refractivity (Wildman–Crippen MR) is 168 cm³/mol. The number of benzene rings is 1. The molecule has 4 fully saturated rings. The van der Waals surface area contributed by atoms with Gasteiger partial charge in [0.25, 0.3) is 11.8 Å². The number of rotatable bonds is 7. The number of nitrogens with one attached hydrogen (secondary N) is 1. The number of imidazole rings is 1. The number of carbonyl (C=O) groups is 2. The van der Waals surface area contributed by atoms with E-state index in [0.29, 0.717) is 28.4 Å². The van der Waals surface area contributed by atoms with Gasteiger partial charge in [0.1, 0.15) is 16.9 Å². The molecule has 4 aliphatic rings. The van der Waals surface area contributed by atoms with Crippen molar-refractivity contribution in [1.82, 2.24) is 34.2 Å². The van der Waals surface area contributed by atoms with Crippen molar-refractivity contribution in [3.05, 3.63) is 41.6 Å². The number of halogens is 2. The fourth-order valence-electron chi connectivity index (χ4n) is 7.64. The topological polar surface area (TPSA) is 124 Å². The predicted octanol–water partition coefficient (Wildman–Crippen LogP) is 4.43. The second kappa shape index (κ2) is 10.4. The molecule has 4 aromatic rings. The molecule has 242 valence electrons. The highest BCUT2D eigenvalue weighted by atomic mass is 19.3. The number of amides is 3. The van der Waals surface area contributed by atoms with Gasteiger partial charge in [-0.25, -0.2) is 23.5 Å². The van der Waals surface area contributed by atoms with Crippen LogP contribution in [0.15, 0.2) is 30.3 Å². The van der Waals surface area contributed by atoms with Gasteiger partial charge in [0.15, 0.2) is 5.82 Å². The first kappa shape index (κ1) is 29.2. The van der Waals surface area contributed by atoms with E-state index in [4.69, 9.17) is 20.4 Å². The summed E-state index contributed by atoms with van der Waals surface area (Å²) in [5, 5.41) is 3.74. The van der Waals surface area contributed by atoms with Gasteiger partial charge in [-0.05, 0) is 75.3 Å². The average molecular weight is 633 g/mol. The molecule has 1 saturated carbocycles. The number of aromatic nitrogens is 4. The molecule has 4 atom stereocenters. The Bertz CT molecular complexity index is 1890. The van der Waals surface area contributed by atoms with E-state index in [9.17, 15) is 18.4 Å². The third-order valence-corrected chi connectivity index (χ3v) is 10.3. The number of nitrogens with two attached hydrogens (primary N) is 1. The summed E-state index contributed by atoms with van der Waals surface area (Å²) < 4.78 is 36.6. The molecule has 13 heteroatoms. The minimum absolute atomic E-state index is 0.0186. The van der Waals surface area contributed by atoms with Crippen LogP contribution in [0.5, 0.6) is 5.75 Å². The first-order valence-corrected chi connectivity index (χ1v) is 16.1. The largest absolute Gasteiger partial charge is 0.494 e. The molecule has 0 unspecified atom stereocenters. The molecule has 11 nitrogen and oxygen atoms in total. The zero-order chi connectivity index (χ0) is 32.1. The highest BCUT2D eigenvalue weighted by Crippen LogP contribution is 2.40. The van der Waals surface area contributed by atoms with Crippen LogP contribution in [0.2, 0.25) is 0 Å². The quantitative estimate of drug-likeness (QED) is 0.311. The number of fused-ring (bicyclic) bond motifs is 4. The normalized spacial score (nSPS) is 24.1. The van der Waals surface area contributed by atoms with Crippen molar-refractivity contribution in [3.63, 3.8) is 0 Å². The molecular weight excluding hydrogens is 594 g/mol. The molecule has 3 aliphatic heterocycles. The van der Waals surface area contributed by atoms with Crippen LogP contribution in [-0.4, -0.2) is 85.1 Å². The summed E-state index contributed by atoms with van der Waals surface area (Å²) in [6, 6.07) is 8.84. The maximum atomic E-state index is 13.8. The molecule has 46 heavy (non-hydrogen) atoms. The molecule has 3 N–H and O–H groups in total. The zero-order valence-corrected chi connectivity index (χ0v) is 26.2. The van der Waals surface area contributed by atoms with Gasteiger partial charge in [0, 0.05) is 42.7 Å². The molecule has 3 amide bonds. The van der Waals surface area contributed by atoms with E-state index in [-0.39, 0.29) is 24.0 Å². The van der Waals surface area contributed by atoms with Gasteiger partial charge in [-0.1, -0.05) is 0 Å². The SMILES string of the molecule is COc1cc(C(=O)N2[C@H]3CC[C@@H]2[C@H](N)C3)cc2nc(-c3cc4ccc([C@@H](C)NC(=O)N5CC(F)(F)C5)nc4n3CC3CC3)n(C)c12. The summed E-state index contributed by atoms with van der Waals surface area (Å²) in [6.07, 6.45) is 5.04. The van der Waals surface area contributed by atoms with Crippen molar-refractivity contribution < 1.29 is 23.1 Å². The summed E-state index contributed by atoms with van der Waals surface area (Å²) in [5.41, 5.74) is 10.6. The number of pyridine rings is 1. The van der Waals surface area contributed by atoms with Gasteiger partial charge in [0.2, 0.25) is 0 Å². The molecule has 2 bridgehead atoms. The molecule has 8 rings (SSSR count). The Kier molecular flexibility index (Phi) is 6.58. The lowest BCUT2D eigenvalue weighted by molar-refractivity contribution is -0.110. The first-order chi connectivity index (χ1) is 22.0. The molecule has 1 aromatic carbocycles. The van der Waals surface area contributed by atoms with E-state index in [1.54, 1.807) is 14.0 Å². The maximum absolute atomic E-state index is 13.8. The van der Waals surface area contributed by atoms with E-state index >= 15 is 0 Å². The molecule has 3 saturated heterocycles. The Hall–Kier alpha value is -4.26. The summed E-state index contributed by atoms with van der Waals surface area (Å²) in [4.78, 5) is 39.4. The number of alkyl halides is 2. The zero-order valence-electron chi connectivity index (χ0n) is 26.2. The number of ether oxygens (including phenoxy) is 1. The van der Waals surface area contributed by atoms with E-state index in [0.717, 1.165) is 71.6 Å². The van der Waals surface area contributed by atoms with Crippen molar-refractivity contribution in [2.75, 3.05) is 20.2 Å². The minimum Gasteiger partial charge on any atom is -0.494 e. The van der Waals surface area contributed by atoms with Crippen molar-refractivity contribution in [3.8, 4) is 17.3 Å². The standard InChI is InChI=1S/C33H38F2N8O3/c1-17(37-32(45)41-15-33(34,35)16-41)23-8-6-19-11-26(42(29(19)38-23)14-18-4-5-18)30-39-24-10-20(12-27(46-3)28(24)40(30)2)31(44)43-21-7-9-25(43)22(36)13-21/h6,8,10-12,17-18,21-22,25H,4-5,7,9,13-16,36H2,1-3H3,(H,37,45)/t17-,21+,22-,25-/m1/s1. The van der Waals surface area contributed by atoms with Gasteiger partial charge in [-0.2, -0.15) is 0 Å². The molecular formula is C33H38F2N8O3. The highest BCUT2D eigenvalue weighted by Gasteiger charge is 2.48. The van der Waals surface area contributed by atoms with E-state index in [1.807, 2.05) is 40.8 Å². The van der Waals surface area contributed by atoms with Gasteiger partial charge in [0.05, 0.1) is 43.1 Å². The Labute approximate surface area is 264 Å². The van der Waals surface area contributed by atoms with Crippen molar-refractivity contribution in [2.45, 2.75) is 75.7 Å². The van der Waals surface area contributed by atoms with Crippen LogP contribution in [0, 0.1) is 5.92 Å². The lowest BCUT2D eigenvalue weighted by Gasteiger charge is -2.39. The van der Waals surface area contributed by atoms with Gasteiger partial charge in [-0.3, -0.25) is 4.79 Å². The number of aryl methyl sites for hydroxylation is 1. The number of methoxy groups -OCH3 is 1. The van der Waals surface area contributed by atoms with Crippen LogP contribution in [0.1, 0.15) is 61.1 Å². The molecule has 1 aliphatic carbocycles. The van der Waals surface area contributed by atoms with E-state index in [1.165, 1.54) is 0 Å². The first-order valence-electron chi connectivity index (χ1n) is 16.1. The number of likely N-dealkylation sites (tertiary alicyclic amines) is 1.